The van der Waals surface area contributed by atoms with Gasteiger partial charge in [0.25, 0.3) is 0 Å². The monoisotopic (exact) mass is 424 g/mol. The molecule has 0 saturated heterocycles. The number of allylic oxidation sites excluding steroid dienone is 1. The van der Waals surface area contributed by atoms with Crippen LogP contribution in [0, 0.1) is 56.7 Å². The lowest BCUT2D eigenvalue weighted by Gasteiger charge is -2.72. The van der Waals surface area contributed by atoms with Crippen molar-refractivity contribution in [3.05, 3.63) is 12.2 Å². The highest BCUT2D eigenvalue weighted by atomic mass is 16.1. The molecule has 0 aliphatic heterocycles. The molecule has 5 rings (SSSR count). The molecule has 174 valence electrons. The highest BCUT2D eigenvalue weighted by Crippen LogP contribution is 2.77. The lowest BCUT2D eigenvalue weighted by Crippen LogP contribution is -2.65. The van der Waals surface area contributed by atoms with Gasteiger partial charge in [-0.25, -0.2) is 0 Å². The first-order chi connectivity index (χ1) is 14.5. The van der Waals surface area contributed by atoms with Gasteiger partial charge in [0.05, 0.1) is 0 Å². The number of carbonyl (C=O) groups is 1. The second kappa shape index (κ2) is 6.73. The van der Waals surface area contributed by atoms with Crippen LogP contribution < -0.4 is 0 Å². The van der Waals surface area contributed by atoms with Gasteiger partial charge in [0.15, 0.2) is 0 Å². The molecule has 0 N–H and O–H groups in total. The molecular formula is C30H48O. The molecule has 0 aromatic heterocycles. The predicted molar refractivity (Wildman–Crippen MR) is 130 cm³/mol. The number of hydrogen-bond donors (Lipinski definition) is 0. The van der Waals surface area contributed by atoms with Crippen molar-refractivity contribution in [1.82, 2.24) is 0 Å². The van der Waals surface area contributed by atoms with E-state index in [1.165, 1.54) is 69.6 Å². The van der Waals surface area contributed by atoms with Crippen LogP contribution in [0.5, 0.6) is 0 Å². The van der Waals surface area contributed by atoms with Crippen LogP contribution in [0.15, 0.2) is 12.2 Å². The minimum absolute atomic E-state index is 0.0507. The van der Waals surface area contributed by atoms with Crippen LogP contribution in [0.2, 0.25) is 0 Å². The highest BCUT2D eigenvalue weighted by molar-refractivity contribution is 5.62. The summed E-state index contributed by atoms with van der Waals surface area (Å²) >= 11 is 0. The van der Waals surface area contributed by atoms with Gasteiger partial charge in [-0.2, -0.15) is 0 Å². The molecule has 0 radical (unpaired) electrons. The molecule has 0 aromatic carbocycles. The Bertz CT molecular complexity index is 779. The first-order valence-electron chi connectivity index (χ1n) is 13.6. The molecule has 0 spiro atoms. The fourth-order valence-corrected chi connectivity index (χ4v) is 11.5. The number of rotatable bonds is 2. The Hall–Kier alpha value is -0.590. The summed E-state index contributed by atoms with van der Waals surface area (Å²) in [4.78, 5) is 12.6. The van der Waals surface area contributed by atoms with Gasteiger partial charge in [-0.1, -0.05) is 53.2 Å². The van der Waals surface area contributed by atoms with Crippen LogP contribution in [0.3, 0.4) is 0 Å². The second-order valence-electron chi connectivity index (χ2n) is 14.4. The third-order valence-electron chi connectivity index (χ3n) is 13.1. The molecule has 5 aliphatic rings. The maximum atomic E-state index is 12.6. The number of aldehydes is 1. The molecule has 9 unspecified atom stereocenters. The Kier molecular flexibility index (Phi) is 4.82. The Morgan fingerprint density at radius 3 is 2.23 bits per heavy atom. The van der Waals surface area contributed by atoms with E-state index >= 15 is 0 Å². The van der Waals surface area contributed by atoms with E-state index < -0.39 is 0 Å². The Balaban J connectivity index is 1.56. The molecule has 0 bridgehead atoms. The molecule has 5 fully saturated rings. The zero-order valence-corrected chi connectivity index (χ0v) is 21.4. The maximum absolute atomic E-state index is 12.6. The van der Waals surface area contributed by atoms with Gasteiger partial charge >= 0.3 is 0 Å². The maximum Gasteiger partial charge on any atom is 0.126 e. The van der Waals surface area contributed by atoms with Crippen LogP contribution >= 0.6 is 0 Å². The molecule has 0 amide bonds. The predicted octanol–water partition coefficient (Wildman–Crippen LogP) is 8.23. The van der Waals surface area contributed by atoms with Crippen molar-refractivity contribution >= 4 is 6.29 Å². The quantitative estimate of drug-likeness (QED) is 0.322. The fourth-order valence-electron chi connectivity index (χ4n) is 11.5. The first kappa shape index (κ1) is 22.2. The van der Waals surface area contributed by atoms with E-state index in [4.69, 9.17) is 0 Å². The first-order valence-corrected chi connectivity index (χ1v) is 13.6. The average Bonchev–Trinajstić information content (AvgIpc) is 3.08. The van der Waals surface area contributed by atoms with Gasteiger partial charge in [0, 0.05) is 5.41 Å². The van der Waals surface area contributed by atoms with Crippen LogP contribution in [0.1, 0.15) is 112 Å². The van der Waals surface area contributed by atoms with Gasteiger partial charge in [-0.3, -0.25) is 0 Å². The van der Waals surface area contributed by atoms with Crippen molar-refractivity contribution in [2.45, 2.75) is 112 Å². The van der Waals surface area contributed by atoms with Gasteiger partial charge in [-0.05, 0) is 122 Å². The summed E-state index contributed by atoms with van der Waals surface area (Å²) in [6.07, 6.45) is 16.0. The molecule has 9 atom stereocenters. The third kappa shape index (κ3) is 2.64. The van der Waals surface area contributed by atoms with E-state index in [2.05, 4.69) is 48.1 Å². The molecule has 5 saturated carbocycles. The normalized spacial score (nSPS) is 55.4. The molecule has 1 nitrogen and oxygen atoms in total. The smallest absolute Gasteiger partial charge is 0.126 e. The molecule has 1 heteroatoms. The summed E-state index contributed by atoms with van der Waals surface area (Å²) in [6, 6.07) is 0. The number of fused-ring (bicyclic) bond motifs is 7. The summed E-state index contributed by atoms with van der Waals surface area (Å²) in [7, 11) is 0. The summed E-state index contributed by atoms with van der Waals surface area (Å²) in [6.45, 7) is 19.9. The standard InChI is InChI=1S/C30H48O/c1-20(2)21-11-16-30(19-31)18-17-28(6)22(25(21)30)9-10-24-27(5)14-8-13-26(3,4)23(27)12-15-29(24,28)7/h19,21-25H,1,8-18H2,2-7H3. The Labute approximate surface area is 192 Å². The lowest BCUT2D eigenvalue weighted by molar-refractivity contribution is -0.234. The summed E-state index contributed by atoms with van der Waals surface area (Å²) in [5.41, 5.74) is 3.10. The van der Waals surface area contributed by atoms with Crippen molar-refractivity contribution in [2.75, 3.05) is 0 Å². The Morgan fingerprint density at radius 1 is 0.806 bits per heavy atom. The van der Waals surface area contributed by atoms with Gasteiger partial charge in [0.1, 0.15) is 6.29 Å². The largest absolute Gasteiger partial charge is 0.303 e. The van der Waals surface area contributed by atoms with E-state index in [9.17, 15) is 4.79 Å². The van der Waals surface area contributed by atoms with Gasteiger partial charge in [0.2, 0.25) is 0 Å². The van der Waals surface area contributed by atoms with Crippen molar-refractivity contribution in [3.8, 4) is 0 Å². The molecule has 31 heavy (non-hydrogen) atoms. The summed E-state index contributed by atoms with van der Waals surface area (Å²) < 4.78 is 0. The van der Waals surface area contributed by atoms with E-state index in [0.29, 0.717) is 39.4 Å². The van der Waals surface area contributed by atoms with Crippen LogP contribution in [-0.2, 0) is 4.79 Å². The van der Waals surface area contributed by atoms with Gasteiger partial charge in [-0.15, -0.1) is 0 Å². The number of carbonyl (C=O) groups excluding carboxylic acids is 1. The van der Waals surface area contributed by atoms with Crippen molar-refractivity contribution in [1.29, 1.82) is 0 Å². The zero-order valence-electron chi connectivity index (χ0n) is 21.4. The number of hydrogen-bond acceptors (Lipinski definition) is 1. The fraction of sp³-hybridized carbons (Fsp3) is 0.900. The Morgan fingerprint density at radius 2 is 1.55 bits per heavy atom. The molecular weight excluding hydrogens is 376 g/mol. The van der Waals surface area contributed by atoms with E-state index in [1.54, 1.807) is 0 Å². The van der Waals surface area contributed by atoms with Crippen molar-refractivity contribution < 1.29 is 4.79 Å². The van der Waals surface area contributed by atoms with Crippen LogP contribution in [-0.4, -0.2) is 6.29 Å². The topological polar surface area (TPSA) is 17.1 Å². The summed E-state index contributed by atoms with van der Waals surface area (Å²) in [5.74, 6) is 3.56. The van der Waals surface area contributed by atoms with Crippen molar-refractivity contribution in [3.63, 3.8) is 0 Å². The third-order valence-corrected chi connectivity index (χ3v) is 13.1. The van der Waals surface area contributed by atoms with Crippen LogP contribution in [0.4, 0.5) is 0 Å². The molecule has 0 aromatic rings. The average molecular weight is 425 g/mol. The highest BCUT2D eigenvalue weighted by Gasteiger charge is 2.70. The zero-order chi connectivity index (χ0) is 22.4. The van der Waals surface area contributed by atoms with E-state index in [1.807, 2.05) is 0 Å². The van der Waals surface area contributed by atoms with Crippen molar-refractivity contribution in [2.24, 2.45) is 56.7 Å². The molecule has 5 aliphatic carbocycles. The summed E-state index contributed by atoms with van der Waals surface area (Å²) in [5, 5.41) is 0. The molecule has 0 heterocycles. The lowest BCUT2D eigenvalue weighted by atomic mass is 9.32. The minimum Gasteiger partial charge on any atom is -0.303 e. The minimum atomic E-state index is -0.0507. The van der Waals surface area contributed by atoms with Gasteiger partial charge < -0.3 is 4.79 Å². The second-order valence-corrected chi connectivity index (χ2v) is 14.4. The SMILES string of the molecule is C=C(C)C1CCC2(C=O)CCC3(C)C(CCC4C5(C)CCCC(C)(C)C5CCC43C)C12. The van der Waals surface area contributed by atoms with E-state index in [0.717, 1.165) is 24.7 Å². The van der Waals surface area contributed by atoms with E-state index in [-0.39, 0.29) is 5.41 Å². The van der Waals surface area contributed by atoms with Crippen LogP contribution in [0.25, 0.3) is 0 Å².